The summed E-state index contributed by atoms with van der Waals surface area (Å²) in [7, 11) is 0. The first-order chi connectivity index (χ1) is 14.7. The van der Waals surface area contributed by atoms with E-state index in [1.165, 1.54) is 0 Å². The van der Waals surface area contributed by atoms with Gasteiger partial charge in [-0.15, -0.1) is 0 Å². The molecule has 0 radical (unpaired) electrons. The van der Waals surface area contributed by atoms with Crippen molar-refractivity contribution in [3.63, 3.8) is 0 Å². The number of likely N-dealkylation sites (tertiary alicyclic amines) is 1. The molecule has 3 unspecified atom stereocenters. The fourth-order valence-electron chi connectivity index (χ4n) is 4.91. The van der Waals surface area contributed by atoms with Crippen LogP contribution in [0.15, 0.2) is 42.6 Å². The number of nitrogens with zero attached hydrogens (tertiary/aromatic N) is 2. The van der Waals surface area contributed by atoms with E-state index in [4.69, 9.17) is 4.74 Å². The minimum absolute atomic E-state index is 0.0543. The van der Waals surface area contributed by atoms with Gasteiger partial charge in [-0.25, -0.2) is 4.79 Å². The van der Waals surface area contributed by atoms with Gasteiger partial charge in [0.15, 0.2) is 0 Å². The summed E-state index contributed by atoms with van der Waals surface area (Å²) in [6.45, 7) is 8.98. The molecule has 2 aromatic rings. The summed E-state index contributed by atoms with van der Waals surface area (Å²) >= 11 is 0. The monoisotopic (exact) mass is 421 g/mol. The van der Waals surface area contributed by atoms with Gasteiger partial charge in [-0.1, -0.05) is 18.2 Å². The van der Waals surface area contributed by atoms with Crippen molar-refractivity contribution >= 4 is 12.0 Å². The Balaban J connectivity index is 1.46. The molecule has 2 amide bonds. The number of alkyl carbamates (subject to hydrolysis) is 1. The van der Waals surface area contributed by atoms with Gasteiger partial charge in [-0.2, -0.15) is 0 Å². The van der Waals surface area contributed by atoms with E-state index in [9.17, 15) is 9.59 Å². The van der Waals surface area contributed by atoms with Crippen LogP contribution in [0.25, 0.3) is 11.3 Å². The molecule has 2 fully saturated rings. The molecule has 4 rings (SSSR count). The van der Waals surface area contributed by atoms with E-state index in [-0.39, 0.29) is 24.0 Å². The Kier molecular flexibility index (Phi) is 5.73. The first kappa shape index (κ1) is 21.3. The highest BCUT2D eigenvalue weighted by Crippen LogP contribution is 2.39. The molecule has 2 aliphatic rings. The average molecular weight is 422 g/mol. The smallest absolute Gasteiger partial charge is 0.407 e. The van der Waals surface area contributed by atoms with E-state index in [1.807, 2.05) is 69.0 Å². The molecular formula is C25H31N3O3. The number of carbonyl (C=O) groups excluding carboxylic acids is 2. The molecular weight excluding hydrogens is 390 g/mol. The van der Waals surface area contributed by atoms with Gasteiger partial charge in [-0.05, 0) is 70.2 Å². The number of rotatable bonds is 3. The van der Waals surface area contributed by atoms with Crippen LogP contribution in [0, 0.1) is 18.8 Å². The summed E-state index contributed by atoms with van der Waals surface area (Å²) in [4.78, 5) is 32.0. The quantitative estimate of drug-likeness (QED) is 0.796. The molecule has 0 bridgehead atoms. The number of carbonyl (C=O) groups is 2. The lowest BCUT2D eigenvalue weighted by molar-refractivity contribution is 0.0491. The molecule has 0 spiro atoms. The van der Waals surface area contributed by atoms with Crippen LogP contribution in [0.1, 0.15) is 49.5 Å². The third-order valence-electron chi connectivity index (χ3n) is 6.35. The summed E-state index contributed by atoms with van der Waals surface area (Å²) in [6.07, 6.45) is 3.34. The Hall–Kier alpha value is -2.89. The molecule has 3 atom stereocenters. The molecule has 1 saturated carbocycles. The van der Waals surface area contributed by atoms with Crippen molar-refractivity contribution in [3.8, 4) is 11.3 Å². The van der Waals surface area contributed by atoms with Crippen LogP contribution >= 0.6 is 0 Å². The predicted molar refractivity (Wildman–Crippen MR) is 120 cm³/mol. The van der Waals surface area contributed by atoms with Gasteiger partial charge in [0.05, 0.1) is 5.69 Å². The fourth-order valence-corrected chi connectivity index (χ4v) is 4.91. The second kappa shape index (κ2) is 8.33. The second-order valence-electron chi connectivity index (χ2n) is 9.66. The highest BCUT2D eigenvalue weighted by Gasteiger charge is 2.45. The Morgan fingerprint density at radius 1 is 1.10 bits per heavy atom. The summed E-state index contributed by atoms with van der Waals surface area (Å²) in [6, 6.07) is 11.7. The Morgan fingerprint density at radius 2 is 1.90 bits per heavy atom. The van der Waals surface area contributed by atoms with Gasteiger partial charge >= 0.3 is 6.09 Å². The highest BCUT2D eigenvalue weighted by atomic mass is 16.6. The zero-order valence-electron chi connectivity index (χ0n) is 18.7. The first-order valence-electron chi connectivity index (χ1n) is 11.0. The van der Waals surface area contributed by atoms with Crippen molar-refractivity contribution in [1.82, 2.24) is 15.2 Å². The third-order valence-corrected chi connectivity index (χ3v) is 6.35. The van der Waals surface area contributed by atoms with Crippen LogP contribution in [0.5, 0.6) is 0 Å². The lowest BCUT2D eigenvalue weighted by atomic mass is 9.98. The number of hydrogen-bond donors (Lipinski definition) is 1. The van der Waals surface area contributed by atoms with Crippen molar-refractivity contribution in [2.45, 2.75) is 52.2 Å². The number of amides is 2. The van der Waals surface area contributed by atoms with E-state index < -0.39 is 5.60 Å². The number of fused-ring (bicyclic) bond motifs is 1. The van der Waals surface area contributed by atoms with E-state index in [0.29, 0.717) is 12.5 Å². The van der Waals surface area contributed by atoms with Gasteiger partial charge < -0.3 is 15.0 Å². The summed E-state index contributed by atoms with van der Waals surface area (Å²) in [5, 5.41) is 3.04. The molecule has 31 heavy (non-hydrogen) atoms. The van der Waals surface area contributed by atoms with E-state index >= 15 is 0 Å². The number of ether oxygens (including phenoxy) is 1. The van der Waals surface area contributed by atoms with Crippen LogP contribution in [-0.4, -0.2) is 46.6 Å². The minimum Gasteiger partial charge on any atom is -0.444 e. The van der Waals surface area contributed by atoms with Gasteiger partial charge in [0.1, 0.15) is 5.60 Å². The van der Waals surface area contributed by atoms with Gasteiger partial charge in [0.2, 0.25) is 0 Å². The maximum Gasteiger partial charge on any atom is 0.407 e. The lowest BCUT2D eigenvalue weighted by Crippen LogP contribution is -2.42. The van der Waals surface area contributed by atoms with Gasteiger partial charge in [0.25, 0.3) is 5.91 Å². The second-order valence-corrected chi connectivity index (χ2v) is 9.66. The van der Waals surface area contributed by atoms with Crippen molar-refractivity contribution in [3.05, 3.63) is 53.7 Å². The predicted octanol–water partition coefficient (Wildman–Crippen LogP) is 4.43. The van der Waals surface area contributed by atoms with Gasteiger partial charge in [-0.3, -0.25) is 9.78 Å². The molecule has 1 aromatic heterocycles. The Labute approximate surface area is 184 Å². The lowest BCUT2D eigenvalue weighted by Gasteiger charge is -2.25. The molecule has 1 aliphatic carbocycles. The van der Waals surface area contributed by atoms with E-state index in [1.54, 1.807) is 6.20 Å². The number of benzene rings is 1. The van der Waals surface area contributed by atoms with Crippen LogP contribution in [0.3, 0.4) is 0 Å². The van der Waals surface area contributed by atoms with Crippen LogP contribution in [0.2, 0.25) is 0 Å². The molecule has 6 nitrogen and oxygen atoms in total. The Morgan fingerprint density at radius 3 is 2.61 bits per heavy atom. The fraction of sp³-hybridized carbons (Fsp3) is 0.480. The zero-order valence-corrected chi connectivity index (χ0v) is 18.7. The van der Waals surface area contributed by atoms with Crippen molar-refractivity contribution in [1.29, 1.82) is 0 Å². The normalized spacial score (nSPS) is 22.8. The van der Waals surface area contributed by atoms with Crippen molar-refractivity contribution < 1.29 is 14.3 Å². The number of hydrogen-bond acceptors (Lipinski definition) is 4. The highest BCUT2D eigenvalue weighted by molar-refractivity contribution is 5.97. The minimum atomic E-state index is -0.518. The van der Waals surface area contributed by atoms with Gasteiger partial charge in [0, 0.05) is 42.4 Å². The number of aromatic nitrogens is 1. The maximum absolute atomic E-state index is 13.4. The van der Waals surface area contributed by atoms with Crippen LogP contribution in [0.4, 0.5) is 4.79 Å². The third kappa shape index (κ3) is 4.58. The summed E-state index contributed by atoms with van der Waals surface area (Å²) in [5.41, 5.74) is 3.01. The summed E-state index contributed by atoms with van der Waals surface area (Å²) in [5.74, 6) is 0.750. The Bertz CT molecular complexity index is 968. The average Bonchev–Trinajstić information content (AvgIpc) is 3.29. The molecule has 164 valence electrons. The summed E-state index contributed by atoms with van der Waals surface area (Å²) < 4.78 is 5.43. The largest absolute Gasteiger partial charge is 0.444 e. The van der Waals surface area contributed by atoms with Crippen molar-refractivity contribution in [2.24, 2.45) is 11.8 Å². The molecule has 1 aromatic carbocycles. The standard InChI is InChI=1S/C25H31N3O3/c1-16-18(21-10-5-6-13-26-21)8-7-9-19(16)23(29)28-14-17-11-12-22(20(17)15-28)27-24(30)31-25(2,3)4/h5-10,13,17,20,22H,11-12,14-15H2,1-4H3,(H,27,30). The van der Waals surface area contributed by atoms with E-state index in [0.717, 1.165) is 41.8 Å². The molecule has 1 N–H and O–H groups in total. The molecule has 6 heteroatoms. The van der Waals surface area contributed by atoms with E-state index in [2.05, 4.69) is 10.3 Å². The maximum atomic E-state index is 13.4. The SMILES string of the molecule is Cc1c(C(=O)N2CC3CCC(NC(=O)OC(C)(C)C)C3C2)cccc1-c1ccccn1. The topological polar surface area (TPSA) is 71.5 Å². The van der Waals surface area contributed by atoms with Crippen LogP contribution < -0.4 is 5.32 Å². The first-order valence-corrected chi connectivity index (χ1v) is 11.0. The number of nitrogens with one attached hydrogen (secondary N) is 1. The van der Waals surface area contributed by atoms with Crippen molar-refractivity contribution in [2.75, 3.05) is 13.1 Å². The van der Waals surface area contributed by atoms with Crippen LogP contribution in [-0.2, 0) is 4.74 Å². The zero-order chi connectivity index (χ0) is 22.2. The molecule has 1 saturated heterocycles. The number of pyridine rings is 1. The molecule has 2 heterocycles. The molecule has 1 aliphatic heterocycles.